The molecule has 15 heavy (non-hydrogen) atoms. The number of nitrogens with one attached hydrogen (secondary N) is 1. The molecule has 0 unspecified atom stereocenters. The van der Waals surface area contributed by atoms with Gasteiger partial charge in [-0.15, -0.1) is 0 Å². The third kappa shape index (κ3) is 3.25. The third-order valence-corrected chi connectivity index (χ3v) is 2.11. The Balaban J connectivity index is 2.68. The van der Waals surface area contributed by atoms with Crippen molar-refractivity contribution in [2.24, 2.45) is 5.73 Å². The van der Waals surface area contributed by atoms with Gasteiger partial charge in [-0.3, -0.25) is 4.79 Å². The molecule has 0 spiro atoms. The van der Waals surface area contributed by atoms with Crippen LogP contribution in [-0.2, 0) is 4.79 Å². The van der Waals surface area contributed by atoms with E-state index < -0.39 is 6.04 Å². The molecule has 0 aliphatic rings. The maximum Gasteiger partial charge on any atom is 0.241 e. The van der Waals surface area contributed by atoms with Crippen LogP contribution in [0.5, 0.6) is 5.75 Å². The normalized spacial score (nSPS) is 11.9. The first kappa shape index (κ1) is 11.5. The molecule has 82 valence electrons. The largest absolute Gasteiger partial charge is 0.497 e. The van der Waals surface area contributed by atoms with E-state index in [1.54, 1.807) is 19.2 Å². The Bertz CT molecular complexity index is 339. The molecule has 0 aliphatic carbocycles. The number of nitrogens with two attached hydrogens (primary N) is 1. The van der Waals surface area contributed by atoms with E-state index in [4.69, 9.17) is 10.5 Å². The number of anilines is 1. The van der Waals surface area contributed by atoms with E-state index in [9.17, 15) is 4.79 Å². The van der Waals surface area contributed by atoms with Crippen LogP contribution in [0.3, 0.4) is 0 Å². The molecule has 0 aliphatic heterocycles. The molecule has 1 amide bonds. The fourth-order valence-electron chi connectivity index (χ4n) is 1.12. The summed E-state index contributed by atoms with van der Waals surface area (Å²) in [7, 11) is 1.58. The number of hydrogen-bond acceptors (Lipinski definition) is 3. The molecule has 4 nitrogen and oxygen atoms in total. The summed E-state index contributed by atoms with van der Waals surface area (Å²) in [5.74, 6) is 0.531. The number of carbonyl (C=O) groups is 1. The molecule has 0 fully saturated rings. The van der Waals surface area contributed by atoms with Crippen molar-refractivity contribution in [3.8, 4) is 5.75 Å². The zero-order valence-corrected chi connectivity index (χ0v) is 8.99. The molecule has 0 heterocycles. The van der Waals surface area contributed by atoms with Crippen LogP contribution in [0.25, 0.3) is 0 Å². The minimum atomic E-state index is -0.462. The summed E-state index contributed by atoms with van der Waals surface area (Å²) in [5.41, 5.74) is 6.29. The summed E-state index contributed by atoms with van der Waals surface area (Å²) in [5, 5.41) is 2.72. The van der Waals surface area contributed by atoms with Crippen LogP contribution in [0, 0.1) is 0 Å². The van der Waals surface area contributed by atoms with Gasteiger partial charge >= 0.3 is 0 Å². The quantitative estimate of drug-likeness (QED) is 0.785. The molecule has 1 atom stereocenters. The zero-order chi connectivity index (χ0) is 11.3. The second kappa shape index (κ2) is 5.36. The first-order chi connectivity index (χ1) is 7.17. The molecule has 1 rings (SSSR count). The summed E-state index contributed by atoms with van der Waals surface area (Å²) < 4.78 is 5.04. The fourth-order valence-corrected chi connectivity index (χ4v) is 1.12. The number of hydrogen-bond donors (Lipinski definition) is 2. The second-order valence-electron chi connectivity index (χ2n) is 3.24. The van der Waals surface area contributed by atoms with Gasteiger partial charge in [0.05, 0.1) is 13.2 Å². The Morgan fingerprint density at radius 1 is 1.60 bits per heavy atom. The summed E-state index contributed by atoms with van der Waals surface area (Å²) in [6.45, 7) is 1.87. The number of carbonyl (C=O) groups excluding carboxylic acids is 1. The summed E-state index contributed by atoms with van der Waals surface area (Å²) in [6, 6.07) is 6.71. The van der Waals surface area contributed by atoms with Crippen molar-refractivity contribution in [1.82, 2.24) is 0 Å². The first-order valence-electron chi connectivity index (χ1n) is 4.88. The van der Waals surface area contributed by atoms with Crippen molar-refractivity contribution in [1.29, 1.82) is 0 Å². The summed E-state index contributed by atoms with van der Waals surface area (Å²) >= 11 is 0. The minimum Gasteiger partial charge on any atom is -0.497 e. The smallest absolute Gasteiger partial charge is 0.241 e. The van der Waals surface area contributed by atoms with E-state index in [2.05, 4.69) is 5.32 Å². The van der Waals surface area contributed by atoms with Crippen molar-refractivity contribution in [3.05, 3.63) is 24.3 Å². The maximum atomic E-state index is 11.5. The van der Waals surface area contributed by atoms with Gasteiger partial charge in [-0.2, -0.15) is 0 Å². The van der Waals surface area contributed by atoms with Crippen molar-refractivity contribution in [2.45, 2.75) is 19.4 Å². The maximum absolute atomic E-state index is 11.5. The van der Waals surface area contributed by atoms with E-state index in [-0.39, 0.29) is 5.91 Å². The van der Waals surface area contributed by atoms with Crippen LogP contribution in [0.1, 0.15) is 13.3 Å². The summed E-state index contributed by atoms with van der Waals surface area (Å²) in [6.07, 6.45) is 0.621. The van der Waals surface area contributed by atoms with Crippen molar-refractivity contribution in [2.75, 3.05) is 12.4 Å². The molecule has 4 heteroatoms. The zero-order valence-electron chi connectivity index (χ0n) is 8.99. The predicted octanol–water partition coefficient (Wildman–Crippen LogP) is 1.37. The monoisotopic (exact) mass is 208 g/mol. The van der Waals surface area contributed by atoms with Crippen LogP contribution >= 0.6 is 0 Å². The van der Waals surface area contributed by atoms with Crippen molar-refractivity contribution >= 4 is 11.6 Å². The van der Waals surface area contributed by atoms with Crippen LogP contribution in [0.2, 0.25) is 0 Å². The second-order valence-corrected chi connectivity index (χ2v) is 3.24. The molecule has 0 radical (unpaired) electrons. The van der Waals surface area contributed by atoms with E-state index >= 15 is 0 Å². The lowest BCUT2D eigenvalue weighted by molar-refractivity contribution is -0.117. The number of amides is 1. The van der Waals surface area contributed by atoms with Crippen LogP contribution in [0.4, 0.5) is 5.69 Å². The van der Waals surface area contributed by atoms with E-state index in [0.717, 1.165) is 0 Å². The van der Waals surface area contributed by atoms with Gasteiger partial charge in [-0.25, -0.2) is 0 Å². The lowest BCUT2D eigenvalue weighted by Crippen LogP contribution is -2.34. The average Bonchev–Trinajstić information content (AvgIpc) is 2.28. The standard InChI is InChI=1S/C11H16N2O2/c1-3-10(12)11(14)13-8-5-4-6-9(7-8)15-2/h4-7,10H,3,12H2,1-2H3,(H,13,14)/t10-/m1/s1. The molecule has 0 saturated carbocycles. The number of benzene rings is 1. The Kier molecular flexibility index (Phi) is 4.12. The molecular weight excluding hydrogens is 192 g/mol. The molecule has 3 N–H and O–H groups in total. The van der Waals surface area contributed by atoms with E-state index in [1.807, 2.05) is 19.1 Å². The highest BCUT2D eigenvalue weighted by Crippen LogP contribution is 2.16. The molecule has 1 aromatic carbocycles. The van der Waals surface area contributed by atoms with E-state index in [0.29, 0.717) is 17.9 Å². The molecular formula is C11H16N2O2. The molecule has 0 saturated heterocycles. The Labute approximate surface area is 89.4 Å². The first-order valence-corrected chi connectivity index (χ1v) is 4.88. The predicted molar refractivity (Wildman–Crippen MR) is 59.9 cm³/mol. The highest BCUT2D eigenvalue weighted by molar-refractivity contribution is 5.94. The average molecular weight is 208 g/mol. The fraction of sp³-hybridized carbons (Fsp3) is 0.364. The Morgan fingerprint density at radius 3 is 2.93 bits per heavy atom. The Morgan fingerprint density at radius 2 is 2.33 bits per heavy atom. The van der Waals surface area contributed by atoms with Gasteiger partial charge in [0.25, 0.3) is 0 Å². The van der Waals surface area contributed by atoms with Gasteiger partial charge < -0.3 is 15.8 Å². The van der Waals surface area contributed by atoms with Gasteiger partial charge in [0.1, 0.15) is 5.75 Å². The lowest BCUT2D eigenvalue weighted by atomic mass is 10.2. The van der Waals surface area contributed by atoms with Gasteiger partial charge in [-0.1, -0.05) is 13.0 Å². The van der Waals surface area contributed by atoms with Gasteiger partial charge in [0.2, 0.25) is 5.91 Å². The molecule has 0 aromatic heterocycles. The van der Waals surface area contributed by atoms with Crippen molar-refractivity contribution < 1.29 is 9.53 Å². The van der Waals surface area contributed by atoms with Crippen LogP contribution in [0.15, 0.2) is 24.3 Å². The van der Waals surface area contributed by atoms with Gasteiger partial charge in [-0.05, 0) is 18.6 Å². The Hall–Kier alpha value is -1.55. The van der Waals surface area contributed by atoms with Gasteiger partial charge in [0.15, 0.2) is 0 Å². The molecule has 0 bridgehead atoms. The highest BCUT2D eigenvalue weighted by Gasteiger charge is 2.10. The number of ether oxygens (including phenoxy) is 1. The van der Waals surface area contributed by atoms with Crippen LogP contribution < -0.4 is 15.8 Å². The number of methoxy groups -OCH3 is 1. The third-order valence-electron chi connectivity index (χ3n) is 2.11. The SMILES string of the molecule is CC[C@@H](N)C(=O)Nc1cccc(OC)c1. The van der Waals surface area contributed by atoms with Crippen molar-refractivity contribution in [3.63, 3.8) is 0 Å². The minimum absolute atomic E-state index is 0.175. The number of rotatable bonds is 4. The van der Waals surface area contributed by atoms with Gasteiger partial charge in [0, 0.05) is 11.8 Å². The summed E-state index contributed by atoms with van der Waals surface area (Å²) in [4.78, 5) is 11.5. The van der Waals surface area contributed by atoms with E-state index in [1.165, 1.54) is 0 Å². The van der Waals surface area contributed by atoms with Crippen LogP contribution in [-0.4, -0.2) is 19.1 Å². The lowest BCUT2D eigenvalue weighted by Gasteiger charge is -2.10. The molecule has 1 aromatic rings. The topological polar surface area (TPSA) is 64.4 Å². The highest BCUT2D eigenvalue weighted by atomic mass is 16.5.